The van der Waals surface area contributed by atoms with Crippen LogP contribution >= 0.6 is 47.8 Å². The molecule has 3 heterocycles. The van der Waals surface area contributed by atoms with Crippen molar-refractivity contribution in [3.8, 4) is 0 Å². The van der Waals surface area contributed by atoms with Crippen LogP contribution in [0.15, 0.2) is 127 Å². The van der Waals surface area contributed by atoms with Crippen molar-refractivity contribution in [3.63, 3.8) is 0 Å². The van der Waals surface area contributed by atoms with E-state index in [1.54, 1.807) is 22.8 Å². The predicted octanol–water partition coefficient (Wildman–Crippen LogP) is 4.21. The number of nitrogens with zero attached hydrogens (tertiary/aromatic N) is 5. The van der Waals surface area contributed by atoms with Crippen molar-refractivity contribution in [2.75, 3.05) is 29.6 Å². The van der Waals surface area contributed by atoms with E-state index < -0.39 is 28.3 Å². The smallest absolute Gasteiger partial charge is 0.635 e. The van der Waals surface area contributed by atoms with Crippen molar-refractivity contribution < 1.29 is 63.9 Å². The van der Waals surface area contributed by atoms with E-state index >= 15 is 0 Å². The fraction of sp³-hybridized carbons (Fsp3) is 0.100. The van der Waals surface area contributed by atoms with Gasteiger partial charge < -0.3 is 25.8 Å². The Morgan fingerprint density at radius 2 is 1.30 bits per heavy atom. The average Bonchev–Trinajstić information content (AvgIpc) is 3.66. The van der Waals surface area contributed by atoms with Crippen molar-refractivity contribution in [3.05, 3.63) is 170 Å². The number of carbonyl (C=O) groups is 4. The van der Waals surface area contributed by atoms with Gasteiger partial charge in [0.25, 0.3) is 34.6 Å². The Balaban J connectivity index is 0.000000213. The summed E-state index contributed by atoms with van der Waals surface area (Å²) in [5.41, 5.74) is 4.83. The maximum Gasteiger partial charge on any atom is 1.00 e. The molecule has 17 nitrogen and oxygen atoms in total. The minimum absolute atomic E-state index is 0. The monoisotopic (exact) mass is 1030 g/mol. The van der Waals surface area contributed by atoms with E-state index in [0.717, 1.165) is 31.8 Å². The van der Waals surface area contributed by atoms with Gasteiger partial charge in [0, 0.05) is 29.1 Å². The number of Topliss-reactive ketones (excluding diaryl/α,β-unsaturated/α-hetero) is 2. The molecule has 6 aromatic rings. The second-order valence-electron chi connectivity index (χ2n) is 12.8. The van der Waals surface area contributed by atoms with Crippen molar-refractivity contribution >= 4 is 105 Å². The molecule has 0 saturated carbocycles. The van der Waals surface area contributed by atoms with Gasteiger partial charge in [-0.2, -0.15) is 0 Å². The Hall–Kier alpha value is -5.48. The maximum absolute atomic E-state index is 13.7. The van der Waals surface area contributed by atoms with Crippen molar-refractivity contribution in [1.29, 1.82) is 0 Å². The van der Waals surface area contributed by atoms with Crippen LogP contribution in [0.5, 0.6) is 0 Å². The molecule has 0 unspecified atom stereocenters. The van der Waals surface area contributed by atoms with Crippen molar-refractivity contribution in [2.45, 2.75) is 13.0 Å². The molecule has 61 heavy (non-hydrogen) atoms. The maximum atomic E-state index is 13.7. The fourth-order valence-corrected chi connectivity index (χ4v) is 7.68. The number of rotatable bonds is 6. The van der Waals surface area contributed by atoms with Gasteiger partial charge in [-0.05, 0) is 86.3 Å². The van der Waals surface area contributed by atoms with Crippen LogP contribution in [0.4, 0.5) is 22.7 Å². The molecule has 2 amide bonds. The van der Waals surface area contributed by atoms with E-state index in [-0.39, 0.29) is 56.9 Å². The Morgan fingerprint density at radius 1 is 0.770 bits per heavy atom. The second-order valence-corrected chi connectivity index (χ2v) is 15.4. The summed E-state index contributed by atoms with van der Waals surface area (Å²) < 4.78 is 3.79. The SMILES string of the molecule is Cc1nc2cc(Br)c(N(C)C)cc2c(=O)n1C(c1ccccc1)c1ccccc1.O=C1Nc2cc(Br)c([N+](=O)[O-])cc2C1=O.O=C1Nc2cc(Br)ccc2C1=O.O=NO[O-].[Na+]. The molecule has 0 fully saturated rings. The third-order valence-corrected chi connectivity index (χ3v) is 10.6. The van der Waals surface area contributed by atoms with E-state index in [1.165, 1.54) is 11.4 Å². The summed E-state index contributed by atoms with van der Waals surface area (Å²) in [5, 5.41) is 25.7. The number of benzene rings is 5. The molecule has 21 heteroatoms. The van der Waals surface area contributed by atoms with Crippen molar-refractivity contribution in [2.24, 2.45) is 5.34 Å². The van der Waals surface area contributed by atoms with E-state index in [9.17, 15) is 34.1 Å². The molecule has 1 aromatic heterocycles. The average molecular weight is 1030 g/mol. The number of hydrogen-bond acceptors (Lipinski definition) is 13. The number of carbonyl (C=O) groups excluding carboxylic acids is 4. The number of nitrogens with one attached hydrogen (secondary N) is 2. The van der Waals surface area contributed by atoms with Crippen LogP contribution in [0.2, 0.25) is 0 Å². The molecule has 0 bridgehead atoms. The minimum Gasteiger partial charge on any atom is -0.635 e. The molecule has 2 N–H and O–H groups in total. The molecule has 0 saturated heterocycles. The Morgan fingerprint density at radius 3 is 1.80 bits per heavy atom. The Bertz CT molecular complexity index is 2700. The molecule has 0 aliphatic carbocycles. The number of ketones is 2. The summed E-state index contributed by atoms with van der Waals surface area (Å²) in [6.45, 7) is 1.90. The molecule has 2 aliphatic heterocycles. The zero-order chi connectivity index (χ0) is 43.8. The molecule has 306 valence electrons. The number of nitro groups is 1. The van der Waals surface area contributed by atoms with Crippen LogP contribution in [0.3, 0.4) is 0 Å². The number of aryl methyl sites for hydroxylation is 1. The van der Waals surface area contributed by atoms with Crippen LogP contribution in [0, 0.1) is 21.9 Å². The van der Waals surface area contributed by atoms with Gasteiger partial charge in [-0.25, -0.2) is 4.98 Å². The van der Waals surface area contributed by atoms with Crippen LogP contribution in [-0.4, -0.2) is 52.0 Å². The van der Waals surface area contributed by atoms with Crippen LogP contribution in [-0.2, 0) is 14.6 Å². The molecule has 8 rings (SSSR count). The summed E-state index contributed by atoms with van der Waals surface area (Å²) in [7, 11) is 3.92. The van der Waals surface area contributed by atoms with Crippen LogP contribution in [0.25, 0.3) is 10.9 Å². The number of halogens is 3. The van der Waals surface area contributed by atoms with E-state index in [0.29, 0.717) is 33.7 Å². The molecule has 2 aliphatic rings. The van der Waals surface area contributed by atoms with Crippen LogP contribution in [0.1, 0.15) is 43.7 Å². The molecule has 0 spiro atoms. The first-order chi connectivity index (χ1) is 28.6. The summed E-state index contributed by atoms with van der Waals surface area (Å²) in [5.74, 6) is -1.84. The quantitative estimate of drug-likeness (QED) is 0.0597. The largest absolute Gasteiger partial charge is 1.00 e. The number of anilines is 3. The molecule has 0 atom stereocenters. The van der Waals surface area contributed by atoms with Gasteiger partial charge in [-0.3, -0.25) is 38.7 Å². The zero-order valence-corrected chi connectivity index (χ0v) is 39.1. The van der Waals surface area contributed by atoms with Gasteiger partial charge in [0.05, 0.1) is 54.5 Å². The van der Waals surface area contributed by atoms with Crippen LogP contribution < -0.4 is 55.9 Å². The van der Waals surface area contributed by atoms with Gasteiger partial charge in [-0.1, -0.05) is 76.6 Å². The zero-order valence-electron chi connectivity index (χ0n) is 32.3. The number of nitro benzene ring substituents is 1. The summed E-state index contributed by atoms with van der Waals surface area (Å²) >= 11 is 9.83. The molecule has 5 aromatic carbocycles. The Kier molecular flexibility index (Phi) is 16.9. The summed E-state index contributed by atoms with van der Waals surface area (Å²) in [4.78, 5) is 85.3. The normalized spacial score (nSPS) is 11.9. The number of fused-ring (bicyclic) bond motifs is 3. The topological polar surface area (TPSA) is 235 Å². The van der Waals surface area contributed by atoms with Gasteiger partial charge in [0.1, 0.15) is 11.2 Å². The first-order valence-electron chi connectivity index (χ1n) is 17.2. The molecular formula is C40H29Br3N7NaO10. The van der Waals surface area contributed by atoms with E-state index in [4.69, 9.17) is 15.1 Å². The number of hydrogen-bond donors (Lipinski definition) is 2. The van der Waals surface area contributed by atoms with E-state index in [1.807, 2.05) is 74.4 Å². The summed E-state index contributed by atoms with van der Waals surface area (Å²) in [6.07, 6.45) is 0. The summed E-state index contributed by atoms with van der Waals surface area (Å²) in [6, 6.07) is 31.3. The predicted molar refractivity (Wildman–Crippen MR) is 231 cm³/mol. The van der Waals surface area contributed by atoms with Gasteiger partial charge in [0.15, 0.2) is 0 Å². The number of amides is 2. The Labute approximate surface area is 393 Å². The first-order valence-corrected chi connectivity index (χ1v) is 19.6. The van der Waals surface area contributed by atoms with Gasteiger partial charge >= 0.3 is 29.6 Å². The first kappa shape index (κ1) is 48.2. The fourth-order valence-electron chi connectivity index (χ4n) is 6.14. The molecule has 0 radical (unpaired) electrons. The minimum atomic E-state index is -0.766. The molecular weight excluding hydrogens is 1000 g/mol. The standard InChI is InChI=1S/C24H22BrN3O.C8H3BrN2O4.C8H4BrNO2.HNO3.Na/c1-16-26-21-15-20(25)22(27(2)3)14-19(21)24(29)28(16)23(17-10-6-4-7-11-17)18-12-8-5-9-13-18;9-4-2-5-3(1-6(4)11(14)15)7(12)8(13)10-5;9-4-1-2-5-6(3-4)10-8(12)7(5)11;2-1-4-3;/h4-15,23H,1-3H3;1-2H,(H,10,12,13);1-3H,(H,10,11,12);3H;/q;;;;+1/p-1. The van der Waals surface area contributed by atoms with Crippen molar-refractivity contribution in [1.82, 2.24) is 9.55 Å². The number of aromatic nitrogens is 2. The van der Waals surface area contributed by atoms with Gasteiger partial charge in [-0.15, -0.1) is 4.91 Å². The third kappa shape index (κ3) is 11.1. The van der Waals surface area contributed by atoms with Gasteiger partial charge in [0.2, 0.25) is 0 Å². The van der Waals surface area contributed by atoms with E-state index in [2.05, 4.69) is 87.7 Å². The second kappa shape index (κ2) is 21.4. The third-order valence-electron chi connectivity index (χ3n) is 8.81.